The molecule has 0 aliphatic heterocycles. The van der Waals surface area contributed by atoms with Gasteiger partial charge in [0.15, 0.2) is 0 Å². The SMILES string of the molecule is CCCCc1cc(C(C)(C)C)ccc1OC. The van der Waals surface area contributed by atoms with Gasteiger partial charge in [0.25, 0.3) is 0 Å². The maximum atomic E-state index is 5.41. The second-order valence-electron chi connectivity index (χ2n) is 5.38. The molecular weight excluding hydrogens is 196 g/mol. The van der Waals surface area contributed by atoms with E-state index in [0.717, 1.165) is 12.2 Å². The topological polar surface area (TPSA) is 9.23 Å². The monoisotopic (exact) mass is 220 g/mol. The molecule has 90 valence electrons. The molecule has 0 saturated heterocycles. The Labute approximate surface area is 99.8 Å². The van der Waals surface area contributed by atoms with E-state index in [4.69, 9.17) is 4.74 Å². The zero-order valence-electron chi connectivity index (χ0n) is 11.3. The van der Waals surface area contributed by atoms with Crippen LogP contribution in [0.1, 0.15) is 51.7 Å². The molecule has 0 fully saturated rings. The number of methoxy groups -OCH3 is 1. The highest BCUT2D eigenvalue weighted by atomic mass is 16.5. The Bertz CT molecular complexity index is 334. The predicted molar refractivity (Wildman–Crippen MR) is 70.3 cm³/mol. The average Bonchev–Trinajstić information content (AvgIpc) is 2.24. The zero-order valence-corrected chi connectivity index (χ0v) is 11.3. The third kappa shape index (κ3) is 3.26. The Morgan fingerprint density at radius 3 is 2.38 bits per heavy atom. The van der Waals surface area contributed by atoms with Gasteiger partial charge in [0.2, 0.25) is 0 Å². The van der Waals surface area contributed by atoms with Crippen molar-refractivity contribution >= 4 is 0 Å². The summed E-state index contributed by atoms with van der Waals surface area (Å²) in [7, 11) is 1.75. The minimum atomic E-state index is 0.216. The van der Waals surface area contributed by atoms with E-state index >= 15 is 0 Å². The average molecular weight is 220 g/mol. The quantitative estimate of drug-likeness (QED) is 0.733. The van der Waals surface area contributed by atoms with Gasteiger partial charge < -0.3 is 4.74 Å². The molecule has 0 saturated carbocycles. The molecule has 0 radical (unpaired) electrons. The van der Waals surface area contributed by atoms with Crippen LogP contribution in [0.15, 0.2) is 18.2 Å². The smallest absolute Gasteiger partial charge is 0.122 e. The Kier molecular flexibility index (Phi) is 4.40. The molecule has 0 N–H and O–H groups in total. The second kappa shape index (κ2) is 5.38. The van der Waals surface area contributed by atoms with Gasteiger partial charge in [0.05, 0.1) is 7.11 Å². The van der Waals surface area contributed by atoms with Gasteiger partial charge in [-0.05, 0) is 35.4 Å². The van der Waals surface area contributed by atoms with Gasteiger partial charge >= 0.3 is 0 Å². The van der Waals surface area contributed by atoms with Gasteiger partial charge in [0, 0.05) is 0 Å². The van der Waals surface area contributed by atoms with Crippen molar-refractivity contribution < 1.29 is 4.74 Å². The Morgan fingerprint density at radius 2 is 1.88 bits per heavy atom. The van der Waals surface area contributed by atoms with Crippen LogP contribution in [-0.2, 0) is 11.8 Å². The summed E-state index contributed by atoms with van der Waals surface area (Å²) in [5.74, 6) is 1.03. The lowest BCUT2D eigenvalue weighted by atomic mass is 9.85. The lowest BCUT2D eigenvalue weighted by Gasteiger charge is -2.21. The molecule has 0 spiro atoms. The highest BCUT2D eigenvalue weighted by Gasteiger charge is 2.15. The molecule has 1 rings (SSSR count). The minimum Gasteiger partial charge on any atom is -0.496 e. The lowest BCUT2D eigenvalue weighted by molar-refractivity contribution is 0.408. The van der Waals surface area contributed by atoms with E-state index in [1.165, 1.54) is 24.0 Å². The Morgan fingerprint density at radius 1 is 1.19 bits per heavy atom. The van der Waals surface area contributed by atoms with E-state index in [2.05, 4.69) is 45.9 Å². The first-order valence-electron chi connectivity index (χ1n) is 6.16. The first kappa shape index (κ1) is 13.1. The largest absolute Gasteiger partial charge is 0.496 e. The van der Waals surface area contributed by atoms with Crippen LogP contribution in [-0.4, -0.2) is 7.11 Å². The van der Waals surface area contributed by atoms with Crippen LogP contribution in [0, 0.1) is 0 Å². The highest BCUT2D eigenvalue weighted by molar-refractivity contribution is 5.39. The Balaban J connectivity index is 3.01. The minimum absolute atomic E-state index is 0.216. The number of benzene rings is 1. The number of aryl methyl sites for hydroxylation is 1. The molecule has 0 bridgehead atoms. The molecule has 0 aliphatic carbocycles. The number of ether oxygens (including phenoxy) is 1. The van der Waals surface area contributed by atoms with Crippen molar-refractivity contribution in [2.45, 2.75) is 52.4 Å². The Hall–Kier alpha value is -0.980. The van der Waals surface area contributed by atoms with E-state index in [1.54, 1.807) is 7.11 Å². The summed E-state index contributed by atoms with van der Waals surface area (Å²) in [6, 6.07) is 6.58. The first-order chi connectivity index (χ1) is 7.49. The van der Waals surface area contributed by atoms with Gasteiger partial charge in [-0.15, -0.1) is 0 Å². The standard InChI is InChI=1S/C15H24O/c1-6-7-8-12-11-13(15(2,3)4)9-10-14(12)16-5/h9-11H,6-8H2,1-5H3. The van der Waals surface area contributed by atoms with E-state index in [1.807, 2.05) is 0 Å². The number of rotatable bonds is 4. The van der Waals surface area contributed by atoms with E-state index in [-0.39, 0.29) is 5.41 Å². The fourth-order valence-electron chi connectivity index (χ4n) is 1.81. The number of unbranched alkanes of at least 4 members (excludes halogenated alkanes) is 1. The van der Waals surface area contributed by atoms with Crippen molar-refractivity contribution in [2.24, 2.45) is 0 Å². The van der Waals surface area contributed by atoms with Crippen molar-refractivity contribution in [2.75, 3.05) is 7.11 Å². The van der Waals surface area contributed by atoms with E-state index in [0.29, 0.717) is 0 Å². The summed E-state index contributed by atoms with van der Waals surface area (Å²) >= 11 is 0. The maximum absolute atomic E-state index is 5.41. The van der Waals surface area contributed by atoms with Crippen molar-refractivity contribution in [3.63, 3.8) is 0 Å². The maximum Gasteiger partial charge on any atom is 0.122 e. The van der Waals surface area contributed by atoms with Crippen LogP contribution in [0.4, 0.5) is 0 Å². The van der Waals surface area contributed by atoms with Crippen molar-refractivity contribution in [3.05, 3.63) is 29.3 Å². The fraction of sp³-hybridized carbons (Fsp3) is 0.600. The predicted octanol–water partition coefficient (Wildman–Crippen LogP) is 4.34. The van der Waals surface area contributed by atoms with E-state index < -0.39 is 0 Å². The molecule has 0 unspecified atom stereocenters. The third-order valence-corrected chi connectivity index (χ3v) is 2.95. The van der Waals surface area contributed by atoms with Crippen LogP contribution in [0.2, 0.25) is 0 Å². The molecule has 0 heterocycles. The zero-order chi connectivity index (χ0) is 12.2. The molecule has 1 nitrogen and oxygen atoms in total. The number of hydrogen-bond donors (Lipinski definition) is 0. The summed E-state index contributed by atoms with van der Waals surface area (Å²) in [6.45, 7) is 8.97. The number of hydrogen-bond acceptors (Lipinski definition) is 1. The van der Waals surface area contributed by atoms with Crippen LogP contribution < -0.4 is 4.74 Å². The van der Waals surface area contributed by atoms with Gasteiger partial charge in [0.1, 0.15) is 5.75 Å². The van der Waals surface area contributed by atoms with Crippen LogP contribution in [0.5, 0.6) is 5.75 Å². The summed E-state index contributed by atoms with van der Waals surface area (Å²) in [5, 5.41) is 0. The lowest BCUT2D eigenvalue weighted by Crippen LogP contribution is -2.11. The molecule has 0 aliphatic rings. The van der Waals surface area contributed by atoms with Crippen LogP contribution in [0.3, 0.4) is 0 Å². The van der Waals surface area contributed by atoms with E-state index in [9.17, 15) is 0 Å². The molecule has 1 heteroatoms. The molecular formula is C15H24O. The summed E-state index contributed by atoms with van der Waals surface area (Å²) in [5.41, 5.74) is 2.95. The fourth-order valence-corrected chi connectivity index (χ4v) is 1.81. The van der Waals surface area contributed by atoms with Crippen molar-refractivity contribution in [1.82, 2.24) is 0 Å². The van der Waals surface area contributed by atoms with Gasteiger partial charge in [-0.3, -0.25) is 0 Å². The molecule has 1 aromatic carbocycles. The summed E-state index contributed by atoms with van der Waals surface area (Å²) in [4.78, 5) is 0. The van der Waals surface area contributed by atoms with Crippen LogP contribution >= 0.6 is 0 Å². The molecule has 16 heavy (non-hydrogen) atoms. The molecule has 0 amide bonds. The van der Waals surface area contributed by atoms with Crippen molar-refractivity contribution in [3.8, 4) is 5.75 Å². The second-order valence-corrected chi connectivity index (χ2v) is 5.38. The van der Waals surface area contributed by atoms with Crippen molar-refractivity contribution in [1.29, 1.82) is 0 Å². The van der Waals surface area contributed by atoms with Gasteiger partial charge in [-0.2, -0.15) is 0 Å². The molecule has 0 atom stereocenters. The third-order valence-electron chi connectivity index (χ3n) is 2.95. The van der Waals surface area contributed by atoms with Gasteiger partial charge in [-0.25, -0.2) is 0 Å². The van der Waals surface area contributed by atoms with Gasteiger partial charge in [-0.1, -0.05) is 46.2 Å². The highest BCUT2D eigenvalue weighted by Crippen LogP contribution is 2.28. The summed E-state index contributed by atoms with van der Waals surface area (Å²) < 4.78 is 5.41. The molecule has 1 aromatic rings. The van der Waals surface area contributed by atoms with Crippen LogP contribution in [0.25, 0.3) is 0 Å². The first-order valence-corrected chi connectivity index (χ1v) is 6.16. The summed E-state index contributed by atoms with van der Waals surface area (Å²) in [6.07, 6.45) is 3.57. The molecule has 0 aromatic heterocycles. The normalized spacial score (nSPS) is 11.6.